The highest BCUT2D eigenvalue weighted by atomic mass is 28.4. The summed E-state index contributed by atoms with van der Waals surface area (Å²) in [5.74, 6) is -1.08. The first kappa shape index (κ1) is 34.6. The number of benzene rings is 5. The zero-order valence-electron chi connectivity index (χ0n) is 30.6. The lowest BCUT2D eigenvalue weighted by Gasteiger charge is -2.37. The van der Waals surface area contributed by atoms with Crippen molar-refractivity contribution >= 4 is 53.9 Å². The van der Waals surface area contributed by atoms with Crippen LogP contribution in [-0.4, -0.2) is 59.6 Å². The predicted molar refractivity (Wildman–Crippen MR) is 210 cm³/mol. The van der Waals surface area contributed by atoms with Gasteiger partial charge in [0.25, 0.3) is 11.8 Å². The summed E-state index contributed by atoms with van der Waals surface area (Å²) in [5, 5.41) is 12.2. The molecule has 5 atom stereocenters. The Bertz CT molecular complexity index is 2340. The minimum absolute atomic E-state index is 0.0463. The Hall–Kier alpha value is -5.13. The average molecular weight is 738 g/mol. The fourth-order valence-corrected chi connectivity index (χ4v) is 12.4. The molecule has 4 aliphatic rings. The lowest BCUT2D eigenvalue weighted by molar-refractivity contribution is -0.151. The molecular formula is C44H43N3O6Si. The lowest BCUT2D eigenvalue weighted by Crippen LogP contribution is -2.48. The Morgan fingerprint density at radius 3 is 2.35 bits per heavy atom. The van der Waals surface area contributed by atoms with Crippen molar-refractivity contribution in [1.82, 2.24) is 4.90 Å². The van der Waals surface area contributed by atoms with Crippen molar-refractivity contribution in [3.8, 4) is 0 Å². The van der Waals surface area contributed by atoms with E-state index in [9.17, 15) is 19.5 Å². The van der Waals surface area contributed by atoms with Crippen LogP contribution in [0.2, 0.25) is 18.6 Å². The number of hydrogen-bond donors (Lipinski definition) is 2. The Labute approximate surface area is 315 Å². The minimum atomic E-state index is -3.10. The minimum Gasteiger partial charge on any atom is -0.432 e. The third-order valence-electron chi connectivity index (χ3n) is 12.2. The molecule has 3 amide bonds. The maximum atomic E-state index is 15.2. The van der Waals surface area contributed by atoms with E-state index in [1.54, 1.807) is 14.7 Å². The number of anilines is 3. The zero-order valence-corrected chi connectivity index (χ0v) is 31.6. The Morgan fingerprint density at radius 2 is 1.61 bits per heavy atom. The van der Waals surface area contributed by atoms with Crippen molar-refractivity contribution in [2.24, 2.45) is 5.92 Å². The first-order chi connectivity index (χ1) is 26.0. The van der Waals surface area contributed by atoms with Crippen LogP contribution in [0.25, 0.3) is 10.8 Å². The SMILES string of the molecule is C[C@@H]1[C@@H]([Si](C)(C)O)[C@H](CC(=O)N2Cc3ccccc3C[C@H]2CO)O[C@@]12C(=O)N(Cc1ccccc1)c1ccc(N3C(=O)c4cccc5cccc3c45)cc12. The maximum Gasteiger partial charge on any atom is 0.264 e. The van der Waals surface area contributed by atoms with Gasteiger partial charge in [0.05, 0.1) is 48.7 Å². The van der Waals surface area contributed by atoms with Crippen LogP contribution in [0.15, 0.2) is 109 Å². The average Bonchev–Trinajstić information content (AvgIpc) is 3.72. The van der Waals surface area contributed by atoms with E-state index in [1.807, 2.05) is 129 Å². The van der Waals surface area contributed by atoms with E-state index < -0.39 is 31.5 Å². The van der Waals surface area contributed by atoms with Crippen LogP contribution in [0.5, 0.6) is 0 Å². The van der Waals surface area contributed by atoms with E-state index in [0.29, 0.717) is 42.0 Å². The summed E-state index contributed by atoms with van der Waals surface area (Å²) in [5.41, 5.74) is 4.43. The van der Waals surface area contributed by atoms with Gasteiger partial charge in [-0.2, -0.15) is 0 Å². The van der Waals surface area contributed by atoms with Crippen LogP contribution in [0.4, 0.5) is 17.1 Å². The summed E-state index contributed by atoms with van der Waals surface area (Å²) in [6.07, 6.45) is -0.265. The van der Waals surface area contributed by atoms with Crippen molar-refractivity contribution in [3.63, 3.8) is 0 Å². The second-order valence-corrected chi connectivity index (χ2v) is 19.8. The van der Waals surface area contributed by atoms with E-state index in [2.05, 4.69) is 0 Å². The van der Waals surface area contributed by atoms with Crippen molar-refractivity contribution in [2.45, 2.75) is 69.2 Å². The summed E-state index contributed by atoms with van der Waals surface area (Å²) >= 11 is 0. The molecule has 1 saturated heterocycles. The monoisotopic (exact) mass is 737 g/mol. The number of rotatable bonds is 7. The first-order valence-electron chi connectivity index (χ1n) is 18.7. The van der Waals surface area contributed by atoms with Crippen LogP contribution < -0.4 is 9.80 Å². The number of carbonyl (C=O) groups is 3. The van der Waals surface area contributed by atoms with Gasteiger partial charge in [0.15, 0.2) is 13.9 Å². The van der Waals surface area contributed by atoms with E-state index in [4.69, 9.17) is 4.74 Å². The number of aliphatic hydroxyl groups is 1. The Morgan fingerprint density at radius 1 is 0.889 bits per heavy atom. The van der Waals surface area contributed by atoms with E-state index in [1.165, 1.54) is 0 Å². The number of carbonyl (C=O) groups excluding carboxylic acids is 3. The lowest BCUT2D eigenvalue weighted by atomic mass is 9.82. The van der Waals surface area contributed by atoms with Gasteiger partial charge in [-0.25, -0.2) is 0 Å². The largest absolute Gasteiger partial charge is 0.432 e. The first-order valence-corrected chi connectivity index (χ1v) is 21.8. The number of aliphatic hydroxyl groups excluding tert-OH is 1. The molecule has 4 heterocycles. The zero-order chi connectivity index (χ0) is 37.5. The van der Waals surface area contributed by atoms with Crippen LogP contribution in [0.1, 0.15) is 46.0 Å². The molecule has 9 rings (SSSR count). The molecule has 0 saturated carbocycles. The second kappa shape index (κ2) is 12.7. The topological polar surface area (TPSA) is 111 Å². The van der Waals surface area contributed by atoms with Gasteiger partial charge < -0.3 is 24.4 Å². The molecule has 5 aromatic rings. The van der Waals surface area contributed by atoms with Crippen LogP contribution in [0.3, 0.4) is 0 Å². The summed E-state index contributed by atoms with van der Waals surface area (Å²) in [6.45, 7) is 6.16. The Balaban J connectivity index is 1.14. The third-order valence-corrected chi connectivity index (χ3v) is 14.7. The van der Waals surface area contributed by atoms with Gasteiger partial charge in [0, 0.05) is 34.6 Å². The molecule has 1 fully saturated rings. The molecule has 0 aromatic heterocycles. The summed E-state index contributed by atoms with van der Waals surface area (Å²) in [7, 11) is -3.10. The highest BCUT2D eigenvalue weighted by molar-refractivity contribution is 6.71. The normalized spacial score (nSPS) is 24.5. The number of ether oxygens (including phenoxy) is 1. The van der Waals surface area contributed by atoms with Crippen molar-refractivity contribution < 1.29 is 29.0 Å². The smallest absolute Gasteiger partial charge is 0.264 e. The number of fused-ring (bicyclic) bond motifs is 3. The molecule has 0 radical (unpaired) electrons. The molecule has 0 bridgehead atoms. The molecule has 2 N–H and O–H groups in total. The van der Waals surface area contributed by atoms with E-state index in [-0.39, 0.29) is 36.8 Å². The van der Waals surface area contributed by atoms with Crippen LogP contribution >= 0.6 is 0 Å². The third kappa shape index (κ3) is 5.19. The molecule has 0 aliphatic carbocycles. The highest BCUT2D eigenvalue weighted by Crippen LogP contribution is 2.60. The molecule has 54 heavy (non-hydrogen) atoms. The van der Waals surface area contributed by atoms with Gasteiger partial charge in [-0.3, -0.25) is 19.3 Å². The van der Waals surface area contributed by atoms with Gasteiger partial charge in [0.2, 0.25) is 5.91 Å². The number of nitrogens with zero attached hydrogens (tertiary/aromatic N) is 3. The molecular weight excluding hydrogens is 695 g/mol. The number of amides is 3. The van der Waals surface area contributed by atoms with E-state index >= 15 is 4.79 Å². The van der Waals surface area contributed by atoms with Crippen LogP contribution in [0, 0.1) is 5.92 Å². The fraction of sp³-hybridized carbons (Fsp3) is 0.295. The molecule has 274 valence electrons. The number of hydrogen-bond acceptors (Lipinski definition) is 6. The standard InChI is InChI=1S/C44H43N3O6Si/c1-27-41(54(2,3)52)38(23-39(49)45-25-31-14-8-7-13-30(31)21-33(45)26-48)53-44(27)35-22-32(19-20-36(35)46(43(44)51)24-28-11-5-4-6-12-28)47-37-18-10-16-29-15-9-17-34(40(29)37)42(47)50/h4-20,22,27,33,38,41,48,52H,21,23-26H2,1-3H3/t27-,33+,38+,41-,44+/m1/s1. The van der Waals surface area contributed by atoms with Crippen molar-refractivity contribution in [3.05, 3.63) is 137 Å². The van der Waals surface area contributed by atoms with Gasteiger partial charge in [0.1, 0.15) is 0 Å². The molecule has 5 aromatic carbocycles. The molecule has 9 nitrogen and oxygen atoms in total. The fourth-order valence-electron chi connectivity index (χ4n) is 9.83. The summed E-state index contributed by atoms with van der Waals surface area (Å²) in [4.78, 5) is 60.8. The van der Waals surface area contributed by atoms with Gasteiger partial charge in [-0.1, -0.05) is 85.8 Å². The molecule has 0 unspecified atom stereocenters. The van der Waals surface area contributed by atoms with Gasteiger partial charge >= 0.3 is 0 Å². The molecule has 4 aliphatic heterocycles. The van der Waals surface area contributed by atoms with Gasteiger partial charge in [-0.15, -0.1) is 0 Å². The highest BCUT2D eigenvalue weighted by Gasteiger charge is 2.66. The van der Waals surface area contributed by atoms with Crippen molar-refractivity contribution in [2.75, 3.05) is 16.4 Å². The molecule has 1 spiro atoms. The molecule has 10 heteroatoms. The maximum absolute atomic E-state index is 15.2. The summed E-state index contributed by atoms with van der Waals surface area (Å²) in [6, 6.07) is 34.7. The Kier molecular flexibility index (Phi) is 8.16. The summed E-state index contributed by atoms with van der Waals surface area (Å²) < 4.78 is 7.10. The van der Waals surface area contributed by atoms with Gasteiger partial charge in [-0.05, 0) is 71.9 Å². The van der Waals surface area contributed by atoms with Crippen LogP contribution in [-0.2, 0) is 39.4 Å². The predicted octanol–water partition coefficient (Wildman–Crippen LogP) is 6.81. The van der Waals surface area contributed by atoms with Crippen molar-refractivity contribution in [1.29, 1.82) is 0 Å². The van der Waals surface area contributed by atoms with E-state index in [0.717, 1.165) is 33.2 Å². The quantitative estimate of drug-likeness (QED) is 0.178. The second-order valence-electron chi connectivity index (χ2n) is 15.8.